The van der Waals surface area contributed by atoms with Crippen LogP contribution in [-0.2, 0) is 9.53 Å². The molecule has 0 amide bonds. The molecule has 0 aliphatic carbocycles. The van der Waals surface area contributed by atoms with E-state index in [1.807, 2.05) is 0 Å². The molecule has 3 rings (SSSR count). The molecule has 30 heavy (non-hydrogen) atoms. The van der Waals surface area contributed by atoms with Crippen molar-refractivity contribution in [2.24, 2.45) is 0 Å². The fraction of sp³-hybridized carbons (Fsp3) is 0.0952. The number of esters is 1. The zero-order valence-corrected chi connectivity index (χ0v) is 16.5. The zero-order valence-electron chi connectivity index (χ0n) is 15.7. The summed E-state index contributed by atoms with van der Waals surface area (Å²) in [6.07, 6.45) is 0. The van der Waals surface area contributed by atoms with Crippen molar-refractivity contribution in [3.8, 4) is 28.7 Å². The number of para-hydroxylation sites is 2. The highest BCUT2D eigenvalue weighted by Gasteiger charge is 2.19. The minimum absolute atomic E-state index is 0.0614. The lowest BCUT2D eigenvalue weighted by atomic mass is 10.2. The largest absolute Gasteiger partial charge is 0.478 e. The molecule has 3 aromatic carbocycles. The molecule has 0 unspecified atom stereocenters. The third kappa shape index (κ3) is 5.39. The molecular weight excluding hydrogens is 414 g/mol. The summed E-state index contributed by atoms with van der Waals surface area (Å²) in [6.45, 7) is -0.336. The predicted molar refractivity (Wildman–Crippen MR) is 109 cm³/mol. The highest BCUT2D eigenvalue weighted by atomic mass is 35.5. The Hall–Kier alpha value is -3.78. The Morgan fingerprint density at radius 3 is 2.37 bits per heavy atom. The van der Waals surface area contributed by atoms with Crippen molar-refractivity contribution >= 4 is 23.3 Å². The van der Waals surface area contributed by atoms with E-state index >= 15 is 0 Å². The molecule has 0 heterocycles. The monoisotopic (exact) mass is 429 g/mol. The van der Waals surface area contributed by atoms with Gasteiger partial charge in [-0.1, -0.05) is 29.8 Å². The molecule has 0 N–H and O–H groups in total. The summed E-state index contributed by atoms with van der Waals surface area (Å²) in [5, 5.41) is 11.9. The van der Waals surface area contributed by atoms with Crippen LogP contribution >= 0.6 is 11.6 Å². The van der Waals surface area contributed by atoms with Gasteiger partial charge in [0.1, 0.15) is 11.5 Å². The first kappa shape index (κ1) is 20.9. The van der Waals surface area contributed by atoms with E-state index in [1.54, 1.807) is 48.5 Å². The van der Waals surface area contributed by atoms with Crippen LogP contribution in [0, 0.1) is 10.1 Å². The number of hydrogen-bond donors (Lipinski definition) is 0. The molecule has 0 saturated carbocycles. The van der Waals surface area contributed by atoms with E-state index in [-0.39, 0.29) is 29.5 Å². The summed E-state index contributed by atoms with van der Waals surface area (Å²) in [4.78, 5) is 22.2. The van der Waals surface area contributed by atoms with Gasteiger partial charge in [0.15, 0.2) is 18.1 Å². The maximum Gasteiger partial charge on any atom is 0.343 e. The maximum atomic E-state index is 11.4. The smallest absolute Gasteiger partial charge is 0.343 e. The lowest BCUT2D eigenvalue weighted by Gasteiger charge is -2.13. The van der Waals surface area contributed by atoms with Crippen LogP contribution in [0.1, 0.15) is 0 Å². The molecular formula is C21H16ClNO7. The Balaban J connectivity index is 1.89. The highest BCUT2D eigenvalue weighted by molar-refractivity contribution is 6.30. The van der Waals surface area contributed by atoms with Gasteiger partial charge in [-0.2, -0.15) is 0 Å². The second-order valence-corrected chi connectivity index (χ2v) is 6.30. The van der Waals surface area contributed by atoms with E-state index in [9.17, 15) is 14.9 Å². The minimum Gasteiger partial charge on any atom is -0.478 e. The first-order valence-corrected chi connectivity index (χ1v) is 9.02. The molecule has 0 spiro atoms. The average molecular weight is 430 g/mol. The van der Waals surface area contributed by atoms with Crippen LogP contribution in [0.15, 0.2) is 66.7 Å². The number of carbonyl (C=O) groups is 1. The SMILES string of the molecule is COC(=O)COc1ccccc1Oc1cc(Oc2cccc(Cl)c2)ccc1[N+](=O)[O-]. The number of hydrogen-bond acceptors (Lipinski definition) is 7. The van der Waals surface area contributed by atoms with Crippen molar-refractivity contribution < 1.29 is 28.7 Å². The van der Waals surface area contributed by atoms with Gasteiger partial charge in [0.2, 0.25) is 5.75 Å². The molecule has 0 aliphatic heterocycles. The van der Waals surface area contributed by atoms with Crippen molar-refractivity contribution in [1.82, 2.24) is 0 Å². The Bertz CT molecular complexity index is 1070. The zero-order chi connectivity index (χ0) is 21.5. The maximum absolute atomic E-state index is 11.4. The molecule has 0 saturated heterocycles. The number of nitrogens with zero attached hydrogens (tertiary/aromatic N) is 1. The predicted octanol–water partition coefficient (Wildman–Crippen LogP) is 5.38. The third-order valence-corrected chi connectivity index (χ3v) is 4.04. The van der Waals surface area contributed by atoms with Crippen LogP contribution in [-0.4, -0.2) is 24.6 Å². The molecule has 3 aromatic rings. The van der Waals surface area contributed by atoms with Crippen LogP contribution < -0.4 is 14.2 Å². The minimum atomic E-state index is -0.576. The van der Waals surface area contributed by atoms with Crippen molar-refractivity contribution in [3.05, 3.63) is 81.9 Å². The summed E-state index contributed by atoms with van der Waals surface area (Å²) < 4.78 is 21.4. The Morgan fingerprint density at radius 2 is 1.67 bits per heavy atom. The van der Waals surface area contributed by atoms with Gasteiger partial charge in [-0.3, -0.25) is 10.1 Å². The molecule has 9 heteroatoms. The molecule has 0 fully saturated rings. The van der Waals surface area contributed by atoms with Crippen molar-refractivity contribution in [1.29, 1.82) is 0 Å². The number of nitro groups is 1. The van der Waals surface area contributed by atoms with Gasteiger partial charge in [0, 0.05) is 17.2 Å². The van der Waals surface area contributed by atoms with Crippen LogP contribution in [0.5, 0.6) is 28.7 Å². The van der Waals surface area contributed by atoms with Gasteiger partial charge in [-0.05, 0) is 36.4 Å². The lowest BCUT2D eigenvalue weighted by Crippen LogP contribution is -2.12. The Labute approximate surface area is 176 Å². The Kier molecular flexibility index (Phi) is 6.71. The van der Waals surface area contributed by atoms with E-state index < -0.39 is 10.9 Å². The summed E-state index contributed by atoms with van der Waals surface area (Å²) in [5.41, 5.74) is -0.267. The first-order valence-electron chi connectivity index (χ1n) is 8.64. The number of ether oxygens (including phenoxy) is 4. The van der Waals surface area contributed by atoms with E-state index in [4.69, 9.17) is 25.8 Å². The molecule has 0 atom stereocenters. The van der Waals surface area contributed by atoms with Gasteiger partial charge in [-0.25, -0.2) is 4.79 Å². The van der Waals surface area contributed by atoms with Gasteiger partial charge < -0.3 is 18.9 Å². The number of nitro benzene ring substituents is 1. The number of rotatable bonds is 8. The van der Waals surface area contributed by atoms with Gasteiger partial charge in [-0.15, -0.1) is 0 Å². The normalized spacial score (nSPS) is 10.2. The number of halogens is 1. The van der Waals surface area contributed by atoms with Gasteiger partial charge in [0.25, 0.3) is 0 Å². The molecule has 154 valence electrons. The van der Waals surface area contributed by atoms with Gasteiger partial charge >= 0.3 is 11.7 Å². The second-order valence-electron chi connectivity index (χ2n) is 5.86. The van der Waals surface area contributed by atoms with E-state index in [2.05, 4.69) is 4.74 Å². The fourth-order valence-corrected chi connectivity index (χ4v) is 2.61. The fourth-order valence-electron chi connectivity index (χ4n) is 2.42. The average Bonchev–Trinajstić information content (AvgIpc) is 2.73. The first-order chi connectivity index (χ1) is 14.5. The van der Waals surface area contributed by atoms with Crippen LogP contribution in [0.25, 0.3) is 0 Å². The van der Waals surface area contributed by atoms with E-state index in [0.29, 0.717) is 16.5 Å². The topological polar surface area (TPSA) is 97.1 Å². The summed E-state index contributed by atoms with van der Waals surface area (Å²) in [7, 11) is 1.24. The number of methoxy groups -OCH3 is 1. The summed E-state index contributed by atoms with van der Waals surface area (Å²) >= 11 is 5.96. The molecule has 0 aliphatic rings. The standard InChI is InChI=1S/C21H16ClNO7/c1-27-21(24)13-28-18-7-2-3-8-19(18)30-20-12-16(9-10-17(20)23(25)26)29-15-6-4-5-14(22)11-15/h2-12H,13H2,1H3. The van der Waals surface area contributed by atoms with Crippen molar-refractivity contribution in [3.63, 3.8) is 0 Å². The van der Waals surface area contributed by atoms with Crippen molar-refractivity contribution in [2.45, 2.75) is 0 Å². The molecule has 0 aromatic heterocycles. The molecule has 0 radical (unpaired) electrons. The summed E-state index contributed by atoms with van der Waals surface area (Å²) in [6, 6.07) is 17.3. The van der Waals surface area contributed by atoms with Crippen LogP contribution in [0.2, 0.25) is 5.02 Å². The number of benzene rings is 3. The summed E-state index contributed by atoms with van der Waals surface area (Å²) in [5.74, 6) is 0.541. The van der Waals surface area contributed by atoms with Crippen molar-refractivity contribution in [2.75, 3.05) is 13.7 Å². The second kappa shape index (κ2) is 9.62. The molecule has 0 bridgehead atoms. The number of carbonyl (C=O) groups excluding carboxylic acids is 1. The highest BCUT2D eigenvalue weighted by Crippen LogP contribution is 2.39. The van der Waals surface area contributed by atoms with Gasteiger partial charge in [0.05, 0.1) is 12.0 Å². The lowest BCUT2D eigenvalue weighted by molar-refractivity contribution is -0.385. The van der Waals surface area contributed by atoms with Crippen LogP contribution in [0.4, 0.5) is 5.69 Å². The van der Waals surface area contributed by atoms with E-state index in [0.717, 1.165) is 0 Å². The molecule has 8 nitrogen and oxygen atoms in total. The quantitative estimate of drug-likeness (QED) is 0.269. The third-order valence-electron chi connectivity index (χ3n) is 3.80. The Morgan fingerprint density at radius 1 is 0.933 bits per heavy atom. The van der Waals surface area contributed by atoms with E-state index in [1.165, 1.54) is 25.3 Å². The van der Waals surface area contributed by atoms with Crippen LogP contribution in [0.3, 0.4) is 0 Å².